The predicted octanol–water partition coefficient (Wildman–Crippen LogP) is 3.02. The summed E-state index contributed by atoms with van der Waals surface area (Å²) in [5.41, 5.74) is 4.23. The van der Waals surface area contributed by atoms with Crippen LogP contribution < -0.4 is 10.1 Å². The van der Waals surface area contributed by atoms with E-state index in [0.29, 0.717) is 12.3 Å². The topological polar surface area (TPSA) is 63.6 Å². The summed E-state index contributed by atoms with van der Waals surface area (Å²) in [6, 6.07) is 9.46. The molecule has 0 radical (unpaired) electrons. The zero-order chi connectivity index (χ0) is 18.1. The molecule has 6 heteroatoms. The highest BCUT2D eigenvalue weighted by molar-refractivity contribution is 6.13. The normalized spacial score (nSPS) is 15.8. The molecular weight excluding hydrogens is 318 g/mol. The Morgan fingerprint density at radius 1 is 1.16 bits per heavy atom. The van der Waals surface area contributed by atoms with Crippen LogP contribution in [0.25, 0.3) is 11.8 Å². The minimum atomic E-state index is -0.406. The molecule has 1 N–H and O–H groups in total. The van der Waals surface area contributed by atoms with E-state index in [1.54, 1.807) is 6.08 Å². The van der Waals surface area contributed by atoms with Crippen molar-refractivity contribution in [2.24, 2.45) is 0 Å². The van der Waals surface area contributed by atoms with Gasteiger partial charge in [-0.1, -0.05) is 0 Å². The van der Waals surface area contributed by atoms with Crippen LogP contribution in [0, 0.1) is 13.8 Å². The number of nitrogens with zero attached hydrogens (tertiary/aromatic N) is 2. The van der Waals surface area contributed by atoms with Crippen LogP contribution in [-0.2, 0) is 4.79 Å². The second-order valence-electron chi connectivity index (χ2n) is 5.94. The van der Waals surface area contributed by atoms with Crippen molar-refractivity contribution < 1.29 is 14.3 Å². The number of benzene rings is 1. The standard InChI is InChI=1S/C19H21N3O3/c1-5-25-16-8-6-15(7-9-16)22-12(2)10-14(13(22)3)11-17-18(23)21(4)19(24)20-17/h6-11H,5H2,1-4H3,(H,20,24)/b17-11+. The molecule has 1 aromatic heterocycles. The molecule has 2 heterocycles. The number of imide groups is 1. The van der Waals surface area contributed by atoms with E-state index in [0.717, 1.165) is 33.3 Å². The maximum absolute atomic E-state index is 12.0. The van der Waals surface area contributed by atoms with Gasteiger partial charge >= 0.3 is 6.03 Å². The van der Waals surface area contributed by atoms with E-state index in [9.17, 15) is 9.59 Å². The first kappa shape index (κ1) is 16.8. The lowest BCUT2D eigenvalue weighted by molar-refractivity contribution is -0.121. The lowest BCUT2D eigenvalue weighted by atomic mass is 10.2. The fraction of sp³-hybridized carbons (Fsp3) is 0.263. The Hall–Kier alpha value is -3.02. The summed E-state index contributed by atoms with van der Waals surface area (Å²) in [6.45, 7) is 6.58. The number of hydrogen-bond donors (Lipinski definition) is 1. The highest BCUT2D eigenvalue weighted by Gasteiger charge is 2.30. The van der Waals surface area contributed by atoms with E-state index >= 15 is 0 Å². The maximum Gasteiger partial charge on any atom is 0.328 e. The van der Waals surface area contributed by atoms with Crippen LogP contribution in [0.15, 0.2) is 36.0 Å². The number of carbonyl (C=O) groups is 2. The van der Waals surface area contributed by atoms with Gasteiger partial charge in [0, 0.05) is 24.1 Å². The second kappa shape index (κ2) is 6.47. The molecule has 0 unspecified atom stereocenters. The van der Waals surface area contributed by atoms with Gasteiger partial charge in [-0.2, -0.15) is 0 Å². The highest BCUT2D eigenvalue weighted by Crippen LogP contribution is 2.25. The van der Waals surface area contributed by atoms with Gasteiger partial charge in [0.1, 0.15) is 11.4 Å². The van der Waals surface area contributed by atoms with Crippen molar-refractivity contribution in [2.45, 2.75) is 20.8 Å². The largest absolute Gasteiger partial charge is 0.494 e. The Kier molecular flexibility index (Phi) is 4.35. The molecule has 0 spiro atoms. The lowest BCUT2D eigenvalue weighted by Crippen LogP contribution is -2.25. The molecular formula is C19H21N3O3. The minimum Gasteiger partial charge on any atom is -0.494 e. The molecule has 1 aliphatic rings. The van der Waals surface area contributed by atoms with Gasteiger partial charge < -0.3 is 14.6 Å². The SMILES string of the molecule is CCOc1ccc(-n2c(C)cc(/C=C3/NC(=O)N(C)C3=O)c2C)cc1. The van der Waals surface area contributed by atoms with E-state index in [4.69, 9.17) is 4.74 Å². The molecule has 0 saturated carbocycles. The zero-order valence-corrected chi connectivity index (χ0v) is 14.8. The van der Waals surface area contributed by atoms with Gasteiger partial charge in [0.2, 0.25) is 0 Å². The Balaban J connectivity index is 1.96. The van der Waals surface area contributed by atoms with Gasteiger partial charge in [-0.05, 0) is 62.7 Å². The average Bonchev–Trinajstić information content (AvgIpc) is 3.00. The number of nitrogens with one attached hydrogen (secondary N) is 1. The zero-order valence-electron chi connectivity index (χ0n) is 14.8. The number of likely N-dealkylation sites (N-methyl/N-ethyl adjacent to an activating group) is 1. The number of rotatable bonds is 4. The molecule has 0 aliphatic carbocycles. The van der Waals surface area contributed by atoms with Crippen LogP contribution in [0.4, 0.5) is 4.79 Å². The van der Waals surface area contributed by atoms with E-state index in [1.165, 1.54) is 7.05 Å². The van der Waals surface area contributed by atoms with Crippen molar-refractivity contribution >= 4 is 18.0 Å². The van der Waals surface area contributed by atoms with E-state index < -0.39 is 6.03 Å². The van der Waals surface area contributed by atoms with Gasteiger partial charge in [0.05, 0.1) is 6.61 Å². The number of amides is 3. The van der Waals surface area contributed by atoms with Crippen LogP contribution in [0.5, 0.6) is 5.75 Å². The second-order valence-corrected chi connectivity index (χ2v) is 5.94. The van der Waals surface area contributed by atoms with Crippen LogP contribution in [0.3, 0.4) is 0 Å². The van der Waals surface area contributed by atoms with Crippen LogP contribution >= 0.6 is 0 Å². The number of hydrogen-bond acceptors (Lipinski definition) is 3. The first-order valence-electron chi connectivity index (χ1n) is 8.15. The summed E-state index contributed by atoms with van der Waals surface area (Å²) in [4.78, 5) is 24.7. The number of aryl methyl sites for hydroxylation is 1. The molecule has 25 heavy (non-hydrogen) atoms. The Bertz CT molecular complexity index is 863. The van der Waals surface area contributed by atoms with Crippen LogP contribution in [0.1, 0.15) is 23.9 Å². The molecule has 1 aliphatic heterocycles. The lowest BCUT2D eigenvalue weighted by Gasteiger charge is -2.11. The smallest absolute Gasteiger partial charge is 0.328 e. The molecule has 0 bridgehead atoms. The Labute approximate surface area is 146 Å². The van der Waals surface area contributed by atoms with Gasteiger partial charge in [0.15, 0.2) is 0 Å². The quantitative estimate of drug-likeness (QED) is 0.688. The van der Waals surface area contributed by atoms with E-state index in [2.05, 4.69) is 9.88 Å². The maximum atomic E-state index is 12.0. The average molecular weight is 339 g/mol. The van der Waals surface area contributed by atoms with Crippen molar-refractivity contribution in [3.8, 4) is 11.4 Å². The summed E-state index contributed by atoms with van der Waals surface area (Å²) in [7, 11) is 1.46. The molecule has 6 nitrogen and oxygen atoms in total. The summed E-state index contributed by atoms with van der Waals surface area (Å²) in [5.74, 6) is 0.509. The first-order chi connectivity index (χ1) is 11.9. The number of ether oxygens (including phenoxy) is 1. The fourth-order valence-corrected chi connectivity index (χ4v) is 2.97. The van der Waals surface area contributed by atoms with Crippen molar-refractivity contribution in [3.05, 3.63) is 53.0 Å². The molecule has 3 rings (SSSR count). The van der Waals surface area contributed by atoms with E-state index in [-0.39, 0.29) is 5.91 Å². The summed E-state index contributed by atoms with van der Waals surface area (Å²) < 4.78 is 7.59. The molecule has 1 fully saturated rings. The third kappa shape index (κ3) is 3.03. The summed E-state index contributed by atoms with van der Waals surface area (Å²) in [5, 5.41) is 2.59. The molecule has 1 saturated heterocycles. The van der Waals surface area contributed by atoms with Crippen LogP contribution in [-0.4, -0.2) is 35.1 Å². The minimum absolute atomic E-state index is 0.291. The van der Waals surface area contributed by atoms with Crippen molar-refractivity contribution in [1.82, 2.24) is 14.8 Å². The van der Waals surface area contributed by atoms with E-state index in [1.807, 2.05) is 51.1 Å². The molecule has 1 aromatic carbocycles. The highest BCUT2D eigenvalue weighted by atomic mass is 16.5. The van der Waals surface area contributed by atoms with Gasteiger partial charge in [-0.25, -0.2) is 4.79 Å². The first-order valence-corrected chi connectivity index (χ1v) is 8.15. The fourth-order valence-electron chi connectivity index (χ4n) is 2.97. The summed E-state index contributed by atoms with van der Waals surface area (Å²) >= 11 is 0. The Morgan fingerprint density at radius 3 is 2.40 bits per heavy atom. The van der Waals surface area contributed by atoms with Gasteiger partial charge in [0.25, 0.3) is 5.91 Å². The van der Waals surface area contributed by atoms with Crippen molar-refractivity contribution in [3.63, 3.8) is 0 Å². The van der Waals surface area contributed by atoms with Crippen molar-refractivity contribution in [2.75, 3.05) is 13.7 Å². The molecule has 130 valence electrons. The number of carbonyl (C=O) groups excluding carboxylic acids is 2. The number of urea groups is 1. The third-order valence-corrected chi connectivity index (χ3v) is 4.26. The van der Waals surface area contributed by atoms with Gasteiger partial charge in [-0.3, -0.25) is 9.69 Å². The predicted molar refractivity (Wildman–Crippen MR) is 95.7 cm³/mol. The van der Waals surface area contributed by atoms with Gasteiger partial charge in [-0.15, -0.1) is 0 Å². The van der Waals surface area contributed by atoms with Crippen LogP contribution in [0.2, 0.25) is 0 Å². The molecule has 0 atom stereocenters. The van der Waals surface area contributed by atoms with Crippen molar-refractivity contribution in [1.29, 1.82) is 0 Å². The summed E-state index contributed by atoms with van der Waals surface area (Å²) in [6.07, 6.45) is 1.72. The molecule has 3 amide bonds. The number of aromatic nitrogens is 1. The molecule has 2 aromatic rings. The Morgan fingerprint density at radius 2 is 1.84 bits per heavy atom. The third-order valence-electron chi connectivity index (χ3n) is 4.26. The monoisotopic (exact) mass is 339 g/mol.